The largest absolute Gasteiger partial charge is 0.302 e. The second-order valence-electron chi connectivity index (χ2n) is 7.45. The van der Waals surface area contributed by atoms with Crippen LogP contribution in [0.3, 0.4) is 0 Å². The number of hydrogen-bond acceptors (Lipinski definition) is 6. The smallest absolute Gasteiger partial charge is 0.260 e. The van der Waals surface area contributed by atoms with Crippen LogP contribution in [0.1, 0.15) is 36.7 Å². The maximum atomic E-state index is 13.5. The van der Waals surface area contributed by atoms with Gasteiger partial charge in [0.05, 0.1) is 25.9 Å². The van der Waals surface area contributed by atoms with E-state index < -0.39 is 9.84 Å². The molecule has 1 aromatic heterocycles. The van der Waals surface area contributed by atoms with E-state index in [0.717, 1.165) is 28.9 Å². The number of halogens is 1. The molecule has 0 atom stereocenters. The van der Waals surface area contributed by atoms with Crippen molar-refractivity contribution in [2.24, 2.45) is 0 Å². The summed E-state index contributed by atoms with van der Waals surface area (Å²) in [6.07, 6.45) is 0. The molecule has 2 aromatic carbocycles. The highest BCUT2D eigenvalue weighted by atomic mass is 35.5. The van der Waals surface area contributed by atoms with Gasteiger partial charge in [-0.2, -0.15) is 0 Å². The third kappa shape index (κ3) is 5.14. The number of amides is 1. The molecule has 0 unspecified atom stereocenters. The fourth-order valence-electron chi connectivity index (χ4n) is 3.40. The molecule has 32 heavy (non-hydrogen) atoms. The number of carbonyl (C=O) groups excluding carboxylic acids is 1. The molecule has 0 aliphatic rings. The number of fused-ring (bicyclic) bond motifs is 1. The Hall–Kier alpha value is -2.00. The van der Waals surface area contributed by atoms with Gasteiger partial charge in [-0.3, -0.25) is 9.69 Å². The van der Waals surface area contributed by atoms with E-state index in [4.69, 9.17) is 16.6 Å². The van der Waals surface area contributed by atoms with Crippen LogP contribution in [0.2, 0.25) is 5.02 Å². The number of anilines is 1. The molecule has 0 radical (unpaired) electrons. The lowest BCUT2D eigenvalue weighted by atomic mass is 10.2. The molecule has 0 saturated carbocycles. The molecule has 3 aromatic rings. The molecule has 1 heterocycles. The van der Waals surface area contributed by atoms with Gasteiger partial charge in [0.2, 0.25) is 0 Å². The molecular formula is C23H28ClN3O3S2. The van der Waals surface area contributed by atoms with Crippen molar-refractivity contribution in [3.63, 3.8) is 0 Å². The summed E-state index contributed by atoms with van der Waals surface area (Å²) in [4.78, 5) is 22.4. The van der Waals surface area contributed by atoms with Crippen LogP contribution in [0.15, 0.2) is 41.3 Å². The molecule has 0 saturated heterocycles. The van der Waals surface area contributed by atoms with Gasteiger partial charge in [0.1, 0.15) is 0 Å². The predicted molar refractivity (Wildman–Crippen MR) is 133 cm³/mol. The molecular weight excluding hydrogens is 466 g/mol. The summed E-state index contributed by atoms with van der Waals surface area (Å²) in [5, 5.41) is 1.19. The van der Waals surface area contributed by atoms with Crippen LogP contribution < -0.4 is 4.90 Å². The zero-order valence-electron chi connectivity index (χ0n) is 18.8. The number of aromatic nitrogens is 1. The highest BCUT2D eigenvalue weighted by Gasteiger charge is 2.23. The van der Waals surface area contributed by atoms with Gasteiger partial charge < -0.3 is 4.90 Å². The minimum atomic E-state index is -3.32. The summed E-state index contributed by atoms with van der Waals surface area (Å²) in [5.74, 6) is -0.201. The third-order valence-electron chi connectivity index (χ3n) is 5.54. The van der Waals surface area contributed by atoms with E-state index >= 15 is 0 Å². The van der Waals surface area contributed by atoms with Crippen molar-refractivity contribution in [2.75, 3.05) is 36.8 Å². The first-order valence-corrected chi connectivity index (χ1v) is 13.5. The average molecular weight is 494 g/mol. The lowest BCUT2D eigenvalue weighted by Gasteiger charge is -2.24. The molecule has 172 valence electrons. The van der Waals surface area contributed by atoms with E-state index in [0.29, 0.717) is 28.8 Å². The maximum absolute atomic E-state index is 13.5. The Balaban J connectivity index is 2.00. The summed E-state index contributed by atoms with van der Waals surface area (Å²) in [6.45, 7) is 10.7. The molecule has 3 rings (SSSR count). The Kier molecular flexibility index (Phi) is 7.92. The van der Waals surface area contributed by atoms with Crippen LogP contribution >= 0.6 is 22.9 Å². The summed E-state index contributed by atoms with van der Waals surface area (Å²) >= 11 is 7.79. The summed E-state index contributed by atoms with van der Waals surface area (Å²) in [5.41, 5.74) is 2.21. The average Bonchev–Trinajstić information content (AvgIpc) is 3.25. The number of carbonyl (C=O) groups is 1. The minimum Gasteiger partial charge on any atom is -0.302 e. The van der Waals surface area contributed by atoms with Crippen molar-refractivity contribution in [1.29, 1.82) is 0 Å². The molecule has 0 bridgehead atoms. The maximum Gasteiger partial charge on any atom is 0.260 e. The van der Waals surface area contributed by atoms with Gasteiger partial charge in [-0.25, -0.2) is 13.4 Å². The normalized spacial score (nSPS) is 11.9. The van der Waals surface area contributed by atoms with Gasteiger partial charge in [-0.15, -0.1) is 0 Å². The Bertz CT molecular complexity index is 1160. The number of rotatable bonds is 9. The zero-order valence-corrected chi connectivity index (χ0v) is 21.1. The lowest BCUT2D eigenvalue weighted by molar-refractivity contribution is 0.0983. The van der Waals surface area contributed by atoms with Crippen LogP contribution in [0.4, 0.5) is 5.13 Å². The molecule has 9 heteroatoms. The van der Waals surface area contributed by atoms with Gasteiger partial charge >= 0.3 is 0 Å². The van der Waals surface area contributed by atoms with Crippen molar-refractivity contribution in [1.82, 2.24) is 9.88 Å². The van der Waals surface area contributed by atoms with Gasteiger partial charge in [0, 0.05) is 18.7 Å². The number of hydrogen-bond donors (Lipinski definition) is 0. The predicted octanol–water partition coefficient (Wildman–Crippen LogP) is 5.04. The molecule has 1 amide bonds. The molecule has 6 nitrogen and oxygen atoms in total. The first-order chi connectivity index (χ1) is 15.2. The fourth-order valence-corrected chi connectivity index (χ4v) is 5.62. The van der Waals surface area contributed by atoms with Crippen molar-refractivity contribution in [3.8, 4) is 0 Å². The van der Waals surface area contributed by atoms with Crippen LogP contribution in [-0.4, -0.2) is 56.1 Å². The van der Waals surface area contributed by atoms with Gasteiger partial charge in [-0.1, -0.05) is 49.8 Å². The monoisotopic (exact) mass is 493 g/mol. The summed E-state index contributed by atoms with van der Waals surface area (Å²) in [6, 6.07) is 9.89. The van der Waals surface area contributed by atoms with E-state index in [-0.39, 0.29) is 16.6 Å². The number of likely N-dealkylation sites (N-methyl/N-ethyl adjacent to an activating group) is 1. The van der Waals surface area contributed by atoms with Crippen LogP contribution in [-0.2, 0) is 9.84 Å². The van der Waals surface area contributed by atoms with Crippen molar-refractivity contribution in [3.05, 3.63) is 52.5 Å². The molecule has 0 N–H and O–H groups in total. The van der Waals surface area contributed by atoms with E-state index in [1.165, 1.54) is 23.5 Å². The SMILES string of the molecule is CCN(CC)CCN(C(=O)c1ccc(S(=O)(=O)CC)cc1)c1nc2c(C)ccc(Cl)c2s1. The standard InChI is InChI=1S/C23H28ClN3O3S2/c1-5-26(6-2)14-15-27(23-25-20-16(4)8-13-19(24)21(20)31-23)22(28)17-9-11-18(12-10-17)32(29,30)7-3/h8-13H,5-7,14-15H2,1-4H3. The second-order valence-corrected chi connectivity index (χ2v) is 11.1. The number of thiazole rings is 1. The van der Waals surface area contributed by atoms with Crippen molar-refractivity contribution in [2.45, 2.75) is 32.6 Å². The Morgan fingerprint density at radius 3 is 2.25 bits per heavy atom. The molecule has 0 spiro atoms. The van der Waals surface area contributed by atoms with Crippen LogP contribution in [0.25, 0.3) is 10.2 Å². The summed E-state index contributed by atoms with van der Waals surface area (Å²) in [7, 11) is -3.32. The topological polar surface area (TPSA) is 70.6 Å². The first kappa shape index (κ1) is 24.6. The molecule has 0 aliphatic heterocycles. The first-order valence-electron chi connectivity index (χ1n) is 10.6. The summed E-state index contributed by atoms with van der Waals surface area (Å²) < 4.78 is 25.1. The third-order valence-corrected chi connectivity index (χ3v) is 8.83. The zero-order chi connectivity index (χ0) is 23.5. The fraction of sp³-hybridized carbons (Fsp3) is 0.391. The lowest BCUT2D eigenvalue weighted by Crippen LogP contribution is -2.38. The van der Waals surface area contributed by atoms with Gasteiger partial charge in [-0.05, 0) is 55.9 Å². The van der Waals surface area contributed by atoms with Gasteiger partial charge in [0.15, 0.2) is 15.0 Å². The number of sulfone groups is 1. The number of nitrogens with zero attached hydrogens (tertiary/aromatic N) is 3. The highest BCUT2D eigenvalue weighted by molar-refractivity contribution is 7.91. The second kappa shape index (κ2) is 10.3. The molecule has 0 fully saturated rings. The van der Waals surface area contributed by atoms with E-state index in [1.807, 2.05) is 19.1 Å². The van der Waals surface area contributed by atoms with Crippen LogP contribution in [0, 0.1) is 6.92 Å². The molecule has 0 aliphatic carbocycles. The number of benzene rings is 2. The minimum absolute atomic E-state index is 0.0160. The van der Waals surface area contributed by atoms with E-state index in [1.54, 1.807) is 24.0 Å². The van der Waals surface area contributed by atoms with E-state index in [9.17, 15) is 13.2 Å². The van der Waals surface area contributed by atoms with E-state index in [2.05, 4.69) is 18.7 Å². The Morgan fingerprint density at radius 1 is 1.03 bits per heavy atom. The quantitative estimate of drug-likeness (QED) is 0.417. The Morgan fingerprint density at radius 2 is 1.69 bits per heavy atom. The highest BCUT2D eigenvalue weighted by Crippen LogP contribution is 2.36. The number of aryl methyl sites for hydroxylation is 1. The van der Waals surface area contributed by atoms with Crippen molar-refractivity contribution >= 4 is 54.0 Å². The Labute approximate surface area is 198 Å². The van der Waals surface area contributed by atoms with Crippen molar-refractivity contribution < 1.29 is 13.2 Å². The van der Waals surface area contributed by atoms with Gasteiger partial charge in [0.25, 0.3) is 5.91 Å². The van der Waals surface area contributed by atoms with Crippen LogP contribution in [0.5, 0.6) is 0 Å².